The van der Waals surface area contributed by atoms with Gasteiger partial charge in [-0.2, -0.15) is 0 Å². The zero-order valence-corrected chi connectivity index (χ0v) is 12.2. The number of methoxy groups -OCH3 is 1. The van der Waals surface area contributed by atoms with Gasteiger partial charge >= 0.3 is 0 Å². The first kappa shape index (κ1) is 15.2. The fraction of sp³-hybridized carbons (Fsp3) is 0.625. The molecule has 0 aromatic heterocycles. The van der Waals surface area contributed by atoms with Gasteiger partial charge in [0.05, 0.1) is 6.10 Å². The highest BCUT2D eigenvalue weighted by Crippen LogP contribution is 2.23. The molecule has 0 amide bonds. The monoisotopic (exact) mass is 249 g/mol. The van der Waals surface area contributed by atoms with Crippen LogP contribution in [0.5, 0.6) is 0 Å². The number of benzene rings is 1. The first-order chi connectivity index (χ1) is 8.69. The Morgan fingerprint density at radius 3 is 2.56 bits per heavy atom. The summed E-state index contributed by atoms with van der Waals surface area (Å²) >= 11 is 0. The summed E-state index contributed by atoms with van der Waals surface area (Å²) in [6.07, 6.45) is 3.72. The summed E-state index contributed by atoms with van der Waals surface area (Å²) < 4.78 is 5.34. The lowest BCUT2D eigenvalue weighted by molar-refractivity contribution is 0.106. The highest BCUT2D eigenvalue weighted by molar-refractivity contribution is 5.28. The molecule has 2 nitrogen and oxygen atoms in total. The maximum absolute atomic E-state index is 5.34. The summed E-state index contributed by atoms with van der Waals surface area (Å²) in [4.78, 5) is 0. The van der Waals surface area contributed by atoms with E-state index in [-0.39, 0.29) is 0 Å². The fourth-order valence-corrected chi connectivity index (χ4v) is 2.18. The van der Waals surface area contributed by atoms with E-state index in [0.717, 1.165) is 19.4 Å². The fourth-order valence-electron chi connectivity index (χ4n) is 2.18. The van der Waals surface area contributed by atoms with Gasteiger partial charge in [0, 0.05) is 13.2 Å². The Morgan fingerprint density at radius 2 is 1.94 bits per heavy atom. The first-order valence-corrected chi connectivity index (χ1v) is 7.00. The molecule has 2 unspecified atom stereocenters. The number of ether oxygens (including phenoxy) is 1. The molecule has 0 aliphatic heterocycles. The normalized spacial score (nSPS) is 14.4. The Labute approximate surface area is 112 Å². The van der Waals surface area contributed by atoms with Crippen molar-refractivity contribution in [2.24, 2.45) is 0 Å². The molecule has 1 aromatic carbocycles. The average Bonchev–Trinajstić information content (AvgIpc) is 2.39. The second-order valence-corrected chi connectivity index (χ2v) is 4.99. The van der Waals surface area contributed by atoms with Gasteiger partial charge in [-0.25, -0.2) is 0 Å². The largest absolute Gasteiger partial charge is 0.382 e. The Morgan fingerprint density at radius 1 is 1.22 bits per heavy atom. The number of aryl methyl sites for hydroxylation is 1. The smallest absolute Gasteiger partial charge is 0.0543 e. The Bertz CT molecular complexity index is 338. The van der Waals surface area contributed by atoms with Crippen LogP contribution in [0.3, 0.4) is 0 Å². The van der Waals surface area contributed by atoms with Gasteiger partial charge in [-0.15, -0.1) is 0 Å². The van der Waals surface area contributed by atoms with E-state index in [1.54, 1.807) is 7.11 Å². The van der Waals surface area contributed by atoms with E-state index < -0.39 is 0 Å². The van der Waals surface area contributed by atoms with Crippen LogP contribution in [0.15, 0.2) is 24.3 Å². The van der Waals surface area contributed by atoms with Gasteiger partial charge in [-0.1, -0.05) is 31.2 Å². The molecule has 0 radical (unpaired) electrons. The molecule has 2 heteroatoms. The summed E-state index contributed by atoms with van der Waals surface area (Å²) in [7, 11) is 1.78. The third-order valence-corrected chi connectivity index (χ3v) is 3.47. The highest BCUT2D eigenvalue weighted by atomic mass is 16.5. The molecular weight excluding hydrogens is 222 g/mol. The van der Waals surface area contributed by atoms with Crippen LogP contribution < -0.4 is 5.32 Å². The van der Waals surface area contributed by atoms with Crippen LogP contribution in [0.2, 0.25) is 0 Å². The quantitative estimate of drug-likeness (QED) is 0.755. The van der Waals surface area contributed by atoms with E-state index in [0.29, 0.717) is 12.1 Å². The van der Waals surface area contributed by atoms with E-state index in [2.05, 4.69) is 50.4 Å². The third kappa shape index (κ3) is 4.79. The van der Waals surface area contributed by atoms with Crippen molar-refractivity contribution in [2.45, 2.75) is 52.2 Å². The maximum Gasteiger partial charge on any atom is 0.0543 e. The summed E-state index contributed by atoms with van der Waals surface area (Å²) in [5.74, 6) is 0. The summed E-state index contributed by atoms with van der Waals surface area (Å²) in [5.41, 5.74) is 2.80. The lowest BCUT2D eigenvalue weighted by Gasteiger charge is -2.22. The molecule has 1 N–H and O–H groups in total. The minimum Gasteiger partial charge on any atom is -0.382 e. The molecule has 0 aliphatic rings. The van der Waals surface area contributed by atoms with Crippen LogP contribution in [0.1, 0.15) is 50.3 Å². The molecule has 0 saturated heterocycles. The van der Waals surface area contributed by atoms with Crippen LogP contribution in [0.4, 0.5) is 0 Å². The Kier molecular flexibility index (Phi) is 6.99. The van der Waals surface area contributed by atoms with Crippen molar-refractivity contribution >= 4 is 0 Å². The molecule has 0 aliphatic carbocycles. The molecule has 18 heavy (non-hydrogen) atoms. The summed E-state index contributed by atoms with van der Waals surface area (Å²) in [5, 5.41) is 3.65. The molecular formula is C16H27NO. The maximum atomic E-state index is 5.34. The van der Waals surface area contributed by atoms with E-state index in [1.807, 2.05) is 0 Å². The van der Waals surface area contributed by atoms with E-state index >= 15 is 0 Å². The predicted molar refractivity (Wildman–Crippen MR) is 77.9 cm³/mol. The van der Waals surface area contributed by atoms with Crippen LogP contribution in [-0.4, -0.2) is 19.8 Å². The third-order valence-electron chi connectivity index (χ3n) is 3.47. The van der Waals surface area contributed by atoms with E-state index in [9.17, 15) is 0 Å². The highest BCUT2D eigenvalue weighted by Gasteiger charge is 2.13. The second-order valence-electron chi connectivity index (χ2n) is 4.99. The van der Waals surface area contributed by atoms with Gasteiger partial charge in [-0.3, -0.25) is 0 Å². The molecule has 0 heterocycles. The molecule has 0 saturated carbocycles. The van der Waals surface area contributed by atoms with Crippen LogP contribution in [0, 0.1) is 6.92 Å². The lowest BCUT2D eigenvalue weighted by Crippen LogP contribution is -2.24. The molecule has 0 spiro atoms. The minimum atomic E-state index is 0.333. The Balaban J connectivity index is 2.68. The molecule has 0 fully saturated rings. The van der Waals surface area contributed by atoms with Crippen molar-refractivity contribution in [2.75, 3.05) is 13.7 Å². The lowest BCUT2D eigenvalue weighted by atomic mass is 9.96. The van der Waals surface area contributed by atoms with Crippen molar-refractivity contribution in [3.8, 4) is 0 Å². The zero-order valence-electron chi connectivity index (χ0n) is 12.2. The van der Waals surface area contributed by atoms with Gasteiger partial charge in [-0.05, 0) is 50.8 Å². The van der Waals surface area contributed by atoms with Crippen molar-refractivity contribution in [3.05, 3.63) is 35.4 Å². The van der Waals surface area contributed by atoms with Crippen LogP contribution in [0.25, 0.3) is 0 Å². The number of hydrogen-bond acceptors (Lipinski definition) is 2. The SMILES string of the molecule is CCCNC(CCC(C)OC)c1ccccc1C. The van der Waals surface area contributed by atoms with Gasteiger partial charge in [0.2, 0.25) is 0 Å². The van der Waals surface area contributed by atoms with Crippen molar-refractivity contribution < 1.29 is 4.74 Å². The minimum absolute atomic E-state index is 0.333. The molecule has 1 aromatic rings. The van der Waals surface area contributed by atoms with Crippen molar-refractivity contribution in [1.82, 2.24) is 5.32 Å². The predicted octanol–water partition coefficient (Wildman–Crippen LogP) is 3.85. The molecule has 1 rings (SSSR count). The van der Waals surface area contributed by atoms with Gasteiger partial charge in [0.25, 0.3) is 0 Å². The van der Waals surface area contributed by atoms with Crippen molar-refractivity contribution in [3.63, 3.8) is 0 Å². The number of rotatable bonds is 8. The van der Waals surface area contributed by atoms with Crippen molar-refractivity contribution in [1.29, 1.82) is 0 Å². The zero-order chi connectivity index (χ0) is 13.4. The topological polar surface area (TPSA) is 21.3 Å². The average molecular weight is 249 g/mol. The summed E-state index contributed by atoms with van der Waals surface area (Å²) in [6, 6.07) is 9.11. The van der Waals surface area contributed by atoms with Gasteiger partial charge in [0.1, 0.15) is 0 Å². The Hall–Kier alpha value is -0.860. The number of nitrogens with one attached hydrogen (secondary N) is 1. The van der Waals surface area contributed by atoms with E-state index in [1.165, 1.54) is 17.5 Å². The van der Waals surface area contributed by atoms with Crippen LogP contribution >= 0.6 is 0 Å². The second kappa shape index (κ2) is 8.28. The molecule has 102 valence electrons. The van der Waals surface area contributed by atoms with E-state index in [4.69, 9.17) is 4.74 Å². The van der Waals surface area contributed by atoms with Gasteiger partial charge in [0.15, 0.2) is 0 Å². The number of hydrogen-bond donors (Lipinski definition) is 1. The van der Waals surface area contributed by atoms with Crippen LogP contribution in [-0.2, 0) is 4.74 Å². The van der Waals surface area contributed by atoms with Gasteiger partial charge < -0.3 is 10.1 Å². The molecule has 2 atom stereocenters. The molecule has 0 bridgehead atoms. The standard InChI is InChI=1S/C16H27NO/c1-5-12-17-16(11-10-14(3)18-4)15-9-7-6-8-13(15)2/h6-9,14,16-17H,5,10-12H2,1-4H3. The summed E-state index contributed by atoms with van der Waals surface area (Å²) in [6.45, 7) is 7.60. The first-order valence-electron chi connectivity index (χ1n) is 7.00.